The topological polar surface area (TPSA) is 58.3 Å². The van der Waals surface area contributed by atoms with E-state index in [0.29, 0.717) is 5.69 Å². The summed E-state index contributed by atoms with van der Waals surface area (Å²) in [4.78, 5) is 0. The van der Waals surface area contributed by atoms with Crippen LogP contribution in [0.15, 0.2) is 21.1 Å². The highest BCUT2D eigenvalue weighted by atomic mass is 79.9. The maximum Gasteiger partial charge on any atom is 0.0702 e. The molecular weight excluding hydrogens is 372 g/mol. The molecule has 0 radical (unpaired) electrons. The van der Waals surface area contributed by atoms with Crippen LogP contribution in [-0.4, -0.2) is 18.2 Å². The zero-order chi connectivity index (χ0) is 14.3. The van der Waals surface area contributed by atoms with Crippen LogP contribution < -0.4 is 11.1 Å². The number of benzene rings is 1. The molecule has 1 saturated carbocycles. The van der Waals surface area contributed by atoms with Gasteiger partial charge in [0.1, 0.15) is 0 Å². The Kier molecular flexibility index (Phi) is 7.99. The lowest BCUT2D eigenvalue weighted by molar-refractivity contribution is 0.282. The molecule has 3 nitrogen and oxygen atoms in total. The number of aliphatic hydroxyl groups excluding tert-OH is 1. The molecule has 0 amide bonds. The van der Waals surface area contributed by atoms with E-state index in [4.69, 9.17) is 10.8 Å². The lowest BCUT2D eigenvalue weighted by atomic mass is 9.96. The Hall–Kier alpha value is -0.100. The third-order valence-corrected chi connectivity index (χ3v) is 4.48. The number of rotatable bonds is 2. The van der Waals surface area contributed by atoms with E-state index in [1.807, 2.05) is 6.07 Å². The highest BCUT2D eigenvalue weighted by Crippen LogP contribution is 2.27. The molecule has 19 heavy (non-hydrogen) atoms. The van der Waals surface area contributed by atoms with Crippen molar-refractivity contribution >= 4 is 37.5 Å². The van der Waals surface area contributed by atoms with Gasteiger partial charge in [0.25, 0.3) is 0 Å². The second kappa shape index (κ2) is 8.95. The number of nitrogens with two attached hydrogens (primary N) is 1. The fourth-order valence-corrected chi connectivity index (χ4v) is 3.47. The van der Waals surface area contributed by atoms with Gasteiger partial charge in [-0.1, -0.05) is 35.2 Å². The minimum atomic E-state index is -0.0378. The molecule has 0 bridgehead atoms. The van der Waals surface area contributed by atoms with E-state index in [-0.39, 0.29) is 6.61 Å². The summed E-state index contributed by atoms with van der Waals surface area (Å²) in [6, 6.07) is 4.47. The Bertz CT molecular complexity index is 393. The Morgan fingerprint density at radius 1 is 1.26 bits per heavy atom. The highest BCUT2D eigenvalue weighted by Gasteiger charge is 2.09. The molecule has 0 aliphatic heterocycles. The van der Waals surface area contributed by atoms with Crippen LogP contribution in [0.2, 0.25) is 0 Å². The van der Waals surface area contributed by atoms with Crippen molar-refractivity contribution in [3.63, 3.8) is 0 Å². The van der Waals surface area contributed by atoms with E-state index >= 15 is 0 Å². The summed E-state index contributed by atoms with van der Waals surface area (Å²) in [5.74, 6) is 0. The van der Waals surface area contributed by atoms with Gasteiger partial charge in [0.15, 0.2) is 0 Å². The molecule has 0 spiro atoms. The van der Waals surface area contributed by atoms with Crippen molar-refractivity contribution in [1.82, 2.24) is 5.32 Å². The van der Waals surface area contributed by atoms with Crippen molar-refractivity contribution in [3.05, 3.63) is 26.6 Å². The van der Waals surface area contributed by atoms with Crippen molar-refractivity contribution in [2.24, 2.45) is 0 Å². The average Bonchev–Trinajstić information content (AvgIpc) is 2.44. The Labute approximate surface area is 132 Å². The number of nitrogen functional groups attached to an aromatic ring is 1. The van der Waals surface area contributed by atoms with Gasteiger partial charge in [-0.2, -0.15) is 0 Å². The van der Waals surface area contributed by atoms with Gasteiger partial charge < -0.3 is 16.2 Å². The van der Waals surface area contributed by atoms with Crippen LogP contribution in [0, 0.1) is 0 Å². The summed E-state index contributed by atoms with van der Waals surface area (Å²) < 4.78 is 1.71. The molecule has 0 heterocycles. The number of aliphatic hydroxyl groups is 1. The van der Waals surface area contributed by atoms with Gasteiger partial charge in [-0.3, -0.25) is 0 Å². The van der Waals surface area contributed by atoms with Gasteiger partial charge in [0.2, 0.25) is 0 Å². The fraction of sp³-hybridized carbons (Fsp3) is 0.571. The van der Waals surface area contributed by atoms with Crippen LogP contribution in [-0.2, 0) is 6.61 Å². The smallest absolute Gasteiger partial charge is 0.0702 e. The van der Waals surface area contributed by atoms with Crippen LogP contribution >= 0.6 is 31.9 Å². The van der Waals surface area contributed by atoms with E-state index in [1.165, 1.54) is 32.1 Å². The molecular formula is C14H22Br2N2O. The molecule has 1 aromatic rings. The zero-order valence-electron chi connectivity index (χ0n) is 11.3. The highest BCUT2D eigenvalue weighted by molar-refractivity contribution is 9.11. The third kappa shape index (κ3) is 5.81. The van der Waals surface area contributed by atoms with Crippen molar-refractivity contribution in [2.75, 3.05) is 12.8 Å². The lowest BCUT2D eigenvalue weighted by Crippen LogP contribution is -2.26. The van der Waals surface area contributed by atoms with E-state index < -0.39 is 0 Å². The van der Waals surface area contributed by atoms with Gasteiger partial charge in [-0.05, 0) is 48.0 Å². The molecule has 0 unspecified atom stereocenters. The summed E-state index contributed by atoms with van der Waals surface area (Å²) in [6.45, 7) is -0.0378. The molecule has 1 aliphatic rings. The first-order valence-corrected chi connectivity index (χ1v) is 8.18. The zero-order valence-corrected chi connectivity index (χ0v) is 14.4. The fourth-order valence-electron chi connectivity index (χ4n) is 2.16. The summed E-state index contributed by atoms with van der Waals surface area (Å²) in [7, 11) is 2.07. The number of hydrogen-bond acceptors (Lipinski definition) is 3. The molecule has 108 valence electrons. The van der Waals surface area contributed by atoms with Gasteiger partial charge in [0, 0.05) is 20.6 Å². The second-order valence-electron chi connectivity index (χ2n) is 4.74. The van der Waals surface area contributed by atoms with Crippen molar-refractivity contribution in [1.29, 1.82) is 0 Å². The number of halogens is 2. The van der Waals surface area contributed by atoms with Gasteiger partial charge in [0.05, 0.1) is 12.3 Å². The molecule has 0 atom stereocenters. The second-order valence-corrected chi connectivity index (χ2v) is 6.51. The van der Waals surface area contributed by atoms with E-state index in [9.17, 15) is 0 Å². The van der Waals surface area contributed by atoms with Crippen LogP contribution in [0.4, 0.5) is 5.69 Å². The summed E-state index contributed by atoms with van der Waals surface area (Å²) in [5.41, 5.74) is 6.96. The summed E-state index contributed by atoms with van der Waals surface area (Å²) in [6.07, 6.45) is 7.13. The number of hydrogen-bond donors (Lipinski definition) is 3. The third-order valence-electron chi connectivity index (χ3n) is 3.36. The van der Waals surface area contributed by atoms with Crippen LogP contribution in [0.1, 0.15) is 37.7 Å². The van der Waals surface area contributed by atoms with Crippen molar-refractivity contribution < 1.29 is 5.11 Å². The minimum Gasteiger partial charge on any atom is -0.398 e. The maximum atomic E-state index is 8.85. The van der Waals surface area contributed by atoms with Gasteiger partial charge in [-0.15, -0.1) is 0 Å². The first-order valence-electron chi connectivity index (χ1n) is 6.60. The minimum absolute atomic E-state index is 0.0378. The standard InChI is InChI=1S/C7H7Br2NO.C7H15N/c8-5-1-4(3-11)7(10)6(9)2-5;1-8-7-5-3-2-4-6-7/h1-2,11H,3,10H2;7-8H,2-6H2,1H3. The SMILES string of the molecule is CNC1CCCCC1.Nc1c(Br)cc(Br)cc1CO. The molecule has 1 aliphatic carbocycles. The Morgan fingerprint density at radius 2 is 1.89 bits per heavy atom. The Morgan fingerprint density at radius 3 is 2.37 bits per heavy atom. The largest absolute Gasteiger partial charge is 0.398 e. The average molecular weight is 394 g/mol. The van der Waals surface area contributed by atoms with Crippen LogP contribution in [0.5, 0.6) is 0 Å². The first kappa shape index (κ1) is 17.0. The van der Waals surface area contributed by atoms with Gasteiger partial charge in [-0.25, -0.2) is 0 Å². The molecule has 4 N–H and O–H groups in total. The quantitative estimate of drug-likeness (QED) is 0.669. The van der Waals surface area contributed by atoms with Gasteiger partial charge >= 0.3 is 0 Å². The van der Waals surface area contributed by atoms with E-state index in [0.717, 1.165) is 20.6 Å². The molecule has 1 aromatic carbocycles. The predicted molar refractivity (Wildman–Crippen MR) is 88.1 cm³/mol. The predicted octanol–water partition coefficient (Wildman–Crippen LogP) is 3.82. The molecule has 0 saturated heterocycles. The number of nitrogens with one attached hydrogen (secondary N) is 1. The van der Waals surface area contributed by atoms with Crippen molar-refractivity contribution in [3.8, 4) is 0 Å². The summed E-state index contributed by atoms with van der Waals surface area (Å²) in [5, 5.41) is 12.1. The first-order chi connectivity index (χ1) is 9.08. The van der Waals surface area contributed by atoms with Crippen LogP contribution in [0.3, 0.4) is 0 Å². The summed E-state index contributed by atoms with van der Waals surface area (Å²) >= 11 is 6.56. The normalized spacial score (nSPS) is 15.8. The van der Waals surface area contributed by atoms with E-state index in [1.54, 1.807) is 6.07 Å². The van der Waals surface area contributed by atoms with E-state index in [2.05, 4.69) is 44.2 Å². The molecule has 5 heteroatoms. The Balaban J connectivity index is 0.000000200. The maximum absolute atomic E-state index is 8.85. The monoisotopic (exact) mass is 392 g/mol. The molecule has 2 rings (SSSR count). The van der Waals surface area contributed by atoms with Crippen LogP contribution in [0.25, 0.3) is 0 Å². The molecule has 0 aromatic heterocycles. The number of anilines is 1. The lowest BCUT2D eigenvalue weighted by Gasteiger charge is -2.20. The molecule has 1 fully saturated rings. The van der Waals surface area contributed by atoms with Crippen molar-refractivity contribution in [2.45, 2.75) is 44.8 Å².